The van der Waals surface area contributed by atoms with Gasteiger partial charge in [-0.3, -0.25) is 0 Å². The van der Waals surface area contributed by atoms with Crippen molar-refractivity contribution in [3.8, 4) is 11.1 Å². The van der Waals surface area contributed by atoms with E-state index in [-0.39, 0.29) is 0 Å². The van der Waals surface area contributed by atoms with Gasteiger partial charge in [0.25, 0.3) is 0 Å². The topological polar surface area (TPSA) is 9.23 Å². The first-order valence-corrected chi connectivity index (χ1v) is 6.56. The average molecular weight is 238 g/mol. The van der Waals surface area contributed by atoms with Crippen LogP contribution < -0.4 is 0 Å². The lowest BCUT2D eigenvalue weighted by atomic mass is 9.95. The Morgan fingerprint density at radius 2 is 1.89 bits per heavy atom. The second-order valence-corrected chi connectivity index (χ2v) is 4.93. The third-order valence-corrected chi connectivity index (χ3v) is 3.85. The fourth-order valence-corrected chi connectivity index (χ4v) is 3.00. The van der Waals surface area contributed by atoms with Gasteiger partial charge in [-0.2, -0.15) is 0 Å². The Balaban J connectivity index is 2.04. The van der Waals surface area contributed by atoms with Crippen LogP contribution in [-0.4, -0.2) is 13.7 Å². The third-order valence-electron chi connectivity index (χ3n) is 3.85. The second kappa shape index (κ2) is 4.95. The summed E-state index contributed by atoms with van der Waals surface area (Å²) in [6.45, 7) is 0.839. The zero-order valence-electron chi connectivity index (χ0n) is 10.7. The van der Waals surface area contributed by atoms with E-state index in [1.165, 1.54) is 35.1 Å². The lowest BCUT2D eigenvalue weighted by molar-refractivity contribution is 0.179. The average Bonchev–Trinajstić information content (AvgIpc) is 2.84. The summed E-state index contributed by atoms with van der Waals surface area (Å²) in [6, 6.07) is 17.3. The summed E-state index contributed by atoms with van der Waals surface area (Å²) in [7, 11) is 1.79. The zero-order valence-corrected chi connectivity index (χ0v) is 10.7. The van der Waals surface area contributed by atoms with Crippen LogP contribution in [0.5, 0.6) is 0 Å². The summed E-state index contributed by atoms with van der Waals surface area (Å²) in [5.74, 6) is 0.577. The molecule has 0 fully saturated rings. The van der Waals surface area contributed by atoms with E-state index in [9.17, 15) is 0 Å². The van der Waals surface area contributed by atoms with Crippen molar-refractivity contribution in [1.29, 1.82) is 0 Å². The molecule has 0 aliphatic heterocycles. The summed E-state index contributed by atoms with van der Waals surface area (Å²) < 4.78 is 5.33. The molecule has 0 spiro atoms. The largest absolute Gasteiger partial charge is 0.384 e. The Morgan fingerprint density at radius 3 is 2.67 bits per heavy atom. The van der Waals surface area contributed by atoms with Gasteiger partial charge in [-0.05, 0) is 35.1 Å². The first-order valence-electron chi connectivity index (χ1n) is 6.56. The molecule has 1 aliphatic carbocycles. The van der Waals surface area contributed by atoms with Gasteiger partial charge in [0.05, 0.1) is 6.61 Å². The SMILES string of the molecule is COCC1CCc2c(-c3ccccc3)cccc21. The maximum atomic E-state index is 5.33. The minimum absolute atomic E-state index is 0.577. The predicted octanol–water partition coefficient (Wildman–Crippen LogP) is 4.03. The molecular weight excluding hydrogens is 220 g/mol. The monoisotopic (exact) mass is 238 g/mol. The number of hydrogen-bond acceptors (Lipinski definition) is 1. The molecule has 1 aliphatic rings. The van der Waals surface area contributed by atoms with Crippen LogP contribution in [0, 0.1) is 0 Å². The number of hydrogen-bond donors (Lipinski definition) is 0. The molecule has 0 saturated carbocycles. The predicted molar refractivity (Wildman–Crippen MR) is 74.8 cm³/mol. The zero-order chi connectivity index (χ0) is 12.4. The van der Waals surface area contributed by atoms with Gasteiger partial charge in [-0.15, -0.1) is 0 Å². The molecule has 0 radical (unpaired) electrons. The molecule has 1 heteroatoms. The quantitative estimate of drug-likeness (QED) is 0.784. The van der Waals surface area contributed by atoms with Crippen LogP contribution >= 0.6 is 0 Å². The van der Waals surface area contributed by atoms with Crippen LogP contribution in [0.25, 0.3) is 11.1 Å². The summed E-state index contributed by atoms with van der Waals surface area (Å²) in [5, 5.41) is 0. The summed E-state index contributed by atoms with van der Waals surface area (Å²) in [5.41, 5.74) is 5.73. The molecule has 2 aromatic rings. The highest BCUT2D eigenvalue weighted by molar-refractivity contribution is 5.70. The molecule has 3 rings (SSSR count). The first kappa shape index (κ1) is 11.5. The van der Waals surface area contributed by atoms with E-state index in [0.29, 0.717) is 5.92 Å². The molecule has 2 aromatic carbocycles. The van der Waals surface area contributed by atoms with Crippen LogP contribution in [0.4, 0.5) is 0 Å². The number of ether oxygens (including phenoxy) is 1. The van der Waals surface area contributed by atoms with Crippen molar-refractivity contribution >= 4 is 0 Å². The summed E-state index contributed by atoms with van der Waals surface area (Å²) in [6.07, 6.45) is 2.39. The number of methoxy groups -OCH3 is 1. The van der Waals surface area contributed by atoms with Gasteiger partial charge in [-0.1, -0.05) is 48.5 Å². The molecule has 1 nitrogen and oxygen atoms in total. The number of fused-ring (bicyclic) bond motifs is 1. The van der Waals surface area contributed by atoms with Crippen LogP contribution in [0.3, 0.4) is 0 Å². The van der Waals surface area contributed by atoms with Gasteiger partial charge in [0.2, 0.25) is 0 Å². The van der Waals surface area contributed by atoms with Gasteiger partial charge >= 0.3 is 0 Å². The van der Waals surface area contributed by atoms with Gasteiger partial charge < -0.3 is 4.74 Å². The maximum absolute atomic E-state index is 5.33. The minimum atomic E-state index is 0.577. The smallest absolute Gasteiger partial charge is 0.0531 e. The van der Waals surface area contributed by atoms with E-state index >= 15 is 0 Å². The molecule has 0 saturated heterocycles. The molecule has 92 valence electrons. The molecule has 0 bridgehead atoms. The molecule has 1 unspecified atom stereocenters. The standard InChI is InChI=1S/C17H18O/c1-18-12-14-10-11-17-15(8-5-9-16(14)17)13-6-3-2-4-7-13/h2-9,14H,10-12H2,1H3. The number of benzene rings is 2. The molecule has 0 heterocycles. The van der Waals surface area contributed by atoms with Crippen molar-refractivity contribution in [2.45, 2.75) is 18.8 Å². The molecule has 0 N–H and O–H groups in total. The normalized spacial score (nSPS) is 17.7. The van der Waals surface area contributed by atoms with Gasteiger partial charge in [-0.25, -0.2) is 0 Å². The maximum Gasteiger partial charge on any atom is 0.0531 e. The van der Waals surface area contributed by atoms with E-state index < -0.39 is 0 Å². The highest BCUT2D eigenvalue weighted by Gasteiger charge is 2.24. The summed E-state index contributed by atoms with van der Waals surface area (Å²) in [4.78, 5) is 0. The van der Waals surface area contributed by atoms with E-state index in [0.717, 1.165) is 6.61 Å². The Kier molecular flexibility index (Phi) is 3.16. The molecule has 18 heavy (non-hydrogen) atoms. The summed E-state index contributed by atoms with van der Waals surface area (Å²) >= 11 is 0. The van der Waals surface area contributed by atoms with Crippen LogP contribution in [0.2, 0.25) is 0 Å². The van der Waals surface area contributed by atoms with Crippen molar-refractivity contribution in [3.05, 3.63) is 59.7 Å². The van der Waals surface area contributed by atoms with Gasteiger partial charge in [0.15, 0.2) is 0 Å². The van der Waals surface area contributed by atoms with E-state index in [1.54, 1.807) is 7.11 Å². The lowest BCUT2D eigenvalue weighted by Crippen LogP contribution is -2.01. The molecule has 1 atom stereocenters. The highest BCUT2D eigenvalue weighted by Crippen LogP contribution is 2.38. The van der Waals surface area contributed by atoms with Crippen molar-refractivity contribution in [2.24, 2.45) is 0 Å². The van der Waals surface area contributed by atoms with Crippen molar-refractivity contribution < 1.29 is 4.74 Å². The van der Waals surface area contributed by atoms with Gasteiger partial charge in [0.1, 0.15) is 0 Å². The molecule has 0 amide bonds. The molecule has 0 aromatic heterocycles. The lowest BCUT2D eigenvalue weighted by Gasteiger charge is -2.12. The van der Waals surface area contributed by atoms with E-state index in [1.807, 2.05) is 0 Å². The van der Waals surface area contributed by atoms with Gasteiger partial charge in [0, 0.05) is 13.0 Å². The van der Waals surface area contributed by atoms with E-state index in [4.69, 9.17) is 4.74 Å². The van der Waals surface area contributed by atoms with Crippen molar-refractivity contribution in [2.75, 3.05) is 13.7 Å². The fraction of sp³-hybridized carbons (Fsp3) is 0.294. The Morgan fingerprint density at radius 1 is 1.06 bits per heavy atom. The fourth-order valence-electron chi connectivity index (χ4n) is 3.00. The highest BCUT2D eigenvalue weighted by atomic mass is 16.5. The Labute approximate surface area is 108 Å². The van der Waals surface area contributed by atoms with Crippen molar-refractivity contribution in [1.82, 2.24) is 0 Å². The second-order valence-electron chi connectivity index (χ2n) is 4.93. The Hall–Kier alpha value is -1.60. The Bertz CT molecular complexity index is 531. The van der Waals surface area contributed by atoms with Crippen molar-refractivity contribution in [3.63, 3.8) is 0 Å². The number of rotatable bonds is 3. The first-order chi connectivity index (χ1) is 8.90. The molecular formula is C17H18O. The minimum Gasteiger partial charge on any atom is -0.384 e. The van der Waals surface area contributed by atoms with E-state index in [2.05, 4.69) is 48.5 Å². The van der Waals surface area contributed by atoms with Crippen LogP contribution in [0.15, 0.2) is 48.5 Å². The van der Waals surface area contributed by atoms with Crippen LogP contribution in [-0.2, 0) is 11.2 Å². The van der Waals surface area contributed by atoms with Crippen LogP contribution in [0.1, 0.15) is 23.5 Å². The third kappa shape index (κ3) is 1.95.